The van der Waals surface area contributed by atoms with E-state index in [1.165, 1.54) is 0 Å². The zero-order valence-electron chi connectivity index (χ0n) is 13.0. The van der Waals surface area contributed by atoms with Crippen LogP contribution < -0.4 is 10.1 Å². The van der Waals surface area contributed by atoms with E-state index in [4.69, 9.17) is 4.74 Å². The van der Waals surface area contributed by atoms with Crippen LogP contribution in [0.2, 0.25) is 0 Å². The Morgan fingerprint density at radius 1 is 1.38 bits per heavy atom. The summed E-state index contributed by atoms with van der Waals surface area (Å²) in [6, 6.07) is 8.23. The van der Waals surface area contributed by atoms with Crippen LogP contribution in [0.4, 0.5) is 0 Å². The quantitative estimate of drug-likeness (QED) is 0.841. The number of hydrogen-bond acceptors (Lipinski definition) is 4. The molecule has 0 aliphatic carbocycles. The minimum atomic E-state index is -0.0272. The van der Waals surface area contributed by atoms with E-state index in [1.807, 2.05) is 47.9 Å². The highest BCUT2D eigenvalue weighted by Crippen LogP contribution is 2.27. The lowest BCUT2D eigenvalue weighted by atomic mass is 10.1. The van der Waals surface area contributed by atoms with E-state index in [0.717, 1.165) is 22.8 Å². The smallest absolute Gasteiger partial charge is 0.238 e. The molecule has 0 radical (unpaired) electrons. The lowest BCUT2D eigenvalue weighted by Crippen LogP contribution is -2.39. The number of ether oxygens (including phenoxy) is 1. The van der Waals surface area contributed by atoms with Crippen molar-refractivity contribution in [2.24, 2.45) is 0 Å². The molecule has 1 aliphatic heterocycles. The van der Waals surface area contributed by atoms with Gasteiger partial charge in [0.2, 0.25) is 5.91 Å². The number of carbonyl (C=O) groups excluding carboxylic acids is 1. The van der Waals surface area contributed by atoms with Gasteiger partial charge in [-0.3, -0.25) is 10.1 Å². The van der Waals surface area contributed by atoms with Gasteiger partial charge in [-0.05, 0) is 37.3 Å². The van der Waals surface area contributed by atoms with Crippen LogP contribution in [0.1, 0.15) is 32.5 Å². The van der Waals surface area contributed by atoms with Gasteiger partial charge in [-0.25, -0.2) is 0 Å². The SMILES string of the molecule is CCOc1ccc(C2NCC(=O)N2C(C)CSCC)cc1. The topological polar surface area (TPSA) is 41.6 Å². The molecule has 1 fully saturated rings. The van der Waals surface area contributed by atoms with Crippen molar-refractivity contribution in [2.75, 3.05) is 24.7 Å². The molecule has 1 aromatic rings. The molecule has 1 amide bonds. The second kappa shape index (κ2) is 7.71. The molecule has 1 heterocycles. The summed E-state index contributed by atoms with van der Waals surface area (Å²) in [5.41, 5.74) is 1.11. The van der Waals surface area contributed by atoms with E-state index in [2.05, 4.69) is 19.2 Å². The lowest BCUT2D eigenvalue weighted by molar-refractivity contribution is -0.129. The van der Waals surface area contributed by atoms with Crippen LogP contribution >= 0.6 is 11.8 Å². The van der Waals surface area contributed by atoms with Crippen LogP contribution in [-0.2, 0) is 4.79 Å². The van der Waals surface area contributed by atoms with Crippen molar-refractivity contribution in [3.05, 3.63) is 29.8 Å². The highest BCUT2D eigenvalue weighted by atomic mass is 32.2. The van der Waals surface area contributed by atoms with E-state index < -0.39 is 0 Å². The third kappa shape index (κ3) is 3.92. The van der Waals surface area contributed by atoms with Gasteiger partial charge in [0.05, 0.1) is 13.2 Å². The average molecular weight is 308 g/mol. The van der Waals surface area contributed by atoms with Crippen LogP contribution in [0.15, 0.2) is 24.3 Å². The summed E-state index contributed by atoms with van der Waals surface area (Å²) in [6.45, 7) is 7.32. The Morgan fingerprint density at radius 2 is 2.10 bits per heavy atom. The van der Waals surface area contributed by atoms with Gasteiger partial charge in [0.15, 0.2) is 0 Å². The van der Waals surface area contributed by atoms with Crippen LogP contribution in [0.5, 0.6) is 5.75 Å². The third-order valence-electron chi connectivity index (χ3n) is 3.56. The largest absolute Gasteiger partial charge is 0.494 e. The van der Waals surface area contributed by atoms with Crippen LogP contribution in [0.3, 0.4) is 0 Å². The van der Waals surface area contributed by atoms with E-state index in [-0.39, 0.29) is 18.1 Å². The Labute approximate surface area is 131 Å². The zero-order chi connectivity index (χ0) is 15.2. The highest BCUT2D eigenvalue weighted by Gasteiger charge is 2.34. The Kier molecular flexibility index (Phi) is 5.94. The number of nitrogens with zero attached hydrogens (tertiary/aromatic N) is 1. The maximum Gasteiger partial charge on any atom is 0.238 e. The summed E-state index contributed by atoms with van der Waals surface area (Å²) < 4.78 is 5.47. The highest BCUT2D eigenvalue weighted by molar-refractivity contribution is 7.99. The Morgan fingerprint density at radius 3 is 2.71 bits per heavy atom. The van der Waals surface area contributed by atoms with E-state index in [1.54, 1.807) is 0 Å². The standard InChI is InChI=1S/C16H24N2O2S/c1-4-20-14-8-6-13(7-9-14)16-17-10-15(19)18(16)12(3)11-21-5-2/h6-9,12,16-17H,4-5,10-11H2,1-3H3. The van der Waals surface area contributed by atoms with Crippen molar-refractivity contribution < 1.29 is 9.53 Å². The summed E-state index contributed by atoms with van der Waals surface area (Å²) in [7, 11) is 0. The van der Waals surface area contributed by atoms with Crippen LogP contribution in [0, 0.1) is 0 Å². The second-order valence-electron chi connectivity index (χ2n) is 5.09. The molecule has 1 aromatic carbocycles. The first-order valence-electron chi connectivity index (χ1n) is 7.52. The van der Waals surface area contributed by atoms with E-state index in [9.17, 15) is 4.79 Å². The molecule has 1 N–H and O–H groups in total. The molecule has 2 rings (SSSR count). The molecule has 4 nitrogen and oxygen atoms in total. The molecule has 2 atom stereocenters. The molecular weight excluding hydrogens is 284 g/mol. The van der Waals surface area contributed by atoms with Crippen molar-refractivity contribution in [3.8, 4) is 5.75 Å². The van der Waals surface area contributed by atoms with E-state index in [0.29, 0.717) is 13.2 Å². The maximum absolute atomic E-state index is 12.2. The first kappa shape index (κ1) is 16.2. The van der Waals surface area contributed by atoms with E-state index >= 15 is 0 Å². The van der Waals surface area contributed by atoms with Gasteiger partial charge in [-0.2, -0.15) is 11.8 Å². The molecule has 0 spiro atoms. The van der Waals surface area contributed by atoms with Gasteiger partial charge >= 0.3 is 0 Å². The number of thioether (sulfide) groups is 1. The summed E-state index contributed by atoms with van der Waals surface area (Å²) in [4.78, 5) is 14.1. The number of rotatable bonds is 7. The van der Waals surface area contributed by atoms with Crippen molar-refractivity contribution in [2.45, 2.75) is 33.0 Å². The Balaban J connectivity index is 2.11. The van der Waals surface area contributed by atoms with Crippen molar-refractivity contribution >= 4 is 17.7 Å². The monoisotopic (exact) mass is 308 g/mol. The Hall–Kier alpha value is -1.20. The normalized spacial score (nSPS) is 19.9. The summed E-state index contributed by atoms with van der Waals surface area (Å²) in [5, 5.41) is 3.31. The molecule has 0 bridgehead atoms. The fraction of sp³-hybridized carbons (Fsp3) is 0.562. The molecule has 0 saturated carbocycles. The fourth-order valence-electron chi connectivity index (χ4n) is 2.58. The molecule has 116 valence electrons. The molecule has 1 aliphatic rings. The van der Waals surface area contributed by atoms with Gasteiger partial charge in [-0.15, -0.1) is 0 Å². The number of benzene rings is 1. The van der Waals surface area contributed by atoms with Crippen LogP contribution in [0.25, 0.3) is 0 Å². The first-order valence-corrected chi connectivity index (χ1v) is 8.67. The Bertz CT molecular complexity index is 464. The lowest BCUT2D eigenvalue weighted by Gasteiger charge is -2.30. The third-order valence-corrected chi connectivity index (χ3v) is 4.68. The van der Waals surface area contributed by atoms with Gasteiger partial charge < -0.3 is 9.64 Å². The van der Waals surface area contributed by atoms with Crippen molar-refractivity contribution in [1.82, 2.24) is 10.2 Å². The number of hydrogen-bond donors (Lipinski definition) is 1. The average Bonchev–Trinajstić information content (AvgIpc) is 2.88. The van der Waals surface area contributed by atoms with Gasteiger partial charge in [0.1, 0.15) is 11.9 Å². The minimum Gasteiger partial charge on any atom is -0.494 e. The molecule has 5 heteroatoms. The predicted molar refractivity (Wildman–Crippen MR) is 87.7 cm³/mol. The van der Waals surface area contributed by atoms with Crippen molar-refractivity contribution in [3.63, 3.8) is 0 Å². The van der Waals surface area contributed by atoms with Gasteiger partial charge in [-0.1, -0.05) is 19.1 Å². The second-order valence-corrected chi connectivity index (χ2v) is 6.41. The van der Waals surface area contributed by atoms with Crippen molar-refractivity contribution in [1.29, 1.82) is 0 Å². The summed E-state index contributed by atoms with van der Waals surface area (Å²) in [5.74, 6) is 3.09. The number of amides is 1. The minimum absolute atomic E-state index is 0.0272. The van der Waals surface area contributed by atoms with Crippen LogP contribution in [-0.4, -0.2) is 41.5 Å². The first-order chi connectivity index (χ1) is 10.2. The summed E-state index contributed by atoms with van der Waals surface area (Å²) in [6.07, 6.45) is -0.0272. The molecule has 2 unspecified atom stereocenters. The zero-order valence-corrected chi connectivity index (χ0v) is 13.8. The number of nitrogens with one attached hydrogen (secondary N) is 1. The molecular formula is C16H24N2O2S. The molecule has 1 saturated heterocycles. The molecule has 21 heavy (non-hydrogen) atoms. The predicted octanol–water partition coefficient (Wildman–Crippen LogP) is 2.66. The fourth-order valence-corrected chi connectivity index (χ4v) is 3.32. The van der Waals surface area contributed by atoms with Gasteiger partial charge in [0, 0.05) is 11.8 Å². The summed E-state index contributed by atoms with van der Waals surface area (Å²) >= 11 is 1.87. The maximum atomic E-state index is 12.2. The molecule has 0 aromatic heterocycles. The van der Waals surface area contributed by atoms with Gasteiger partial charge in [0.25, 0.3) is 0 Å². The number of carbonyl (C=O) groups is 1.